The van der Waals surface area contributed by atoms with Gasteiger partial charge in [0.05, 0.1) is 11.7 Å². The number of hydrogen-bond acceptors (Lipinski definition) is 2. The molecule has 4 fully saturated rings. The molecule has 2 nitrogen and oxygen atoms in total. The van der Waals surface area contributed by atoms with Crippen LogP contribution in [0.5, 0.6) is 0 Å². The molecular weight excluding hydrogens is 284 g/mol. The largest absolute Gasteiger partial charge is 0.393 e. The summed E-state index contributed by atoms with van der Waals surface area (Å²) in [4.78, 5) is 0. The summed E-state index contributed by atoms with van der Waals surface area (Å²) in [6.07, 6.45) is 13.0. The number of aliphatic hydroxyl groups is 2. The van der Waals surface area contributed by atoms with E-state index in [4.69, 9.17) is 0 Å². The van der Waals surface area contributed by atoms with Crippen LogP contribution in [-0.4, -0.2) is 21.9 Å². The monoisotopic (exact) mass is 320 g/mol. The summed E-state index contributed by atoms with van der Waals surface area (Å²) in [7, 11) is 0. The molecule has 0 aromatic carbocycles. The standard InChI is InChI=1S/C21H36O2/c1-3-10-21(23)12-9-15-14(13-21)4-5-17-16(15)8-11-20(2)18(17)6-7-19(20)22/h14-19,22-23H,3-13H2,1-2H3/t14-,15+,16-,17-,18+,19+,20+,21-/m1/s1. The van der Waals surface area contributed by atoms with Crippen molar-refractivity contribution in [2.45, 2.75) is 96.2 Å². The van der Waals surface area contributed by atoms with Crippen LogP contribution in [0.2, 0.25) is 0 Å². The maximum absolute atomic E-state index is 10.9. The van der Waals surface area contributed by atoms with Gasteiger partial charge in [-0.2, -0.15) is 0 Å². The van der Waals surface area contributed by atoms with Crippen molar-refractivity contribution in [3.63, 3.8) is 0 Å². The predicted molar refractivity (Wildman–Crippen MR) is 93.0 cm³/mol. The highest BCUT2D eigenvalue weighted by atomic mass is 16.3. The Balaban J connectivity index is 1.50. The highest BCUT2D eigenvalue weighted by Gasteiger charge is 2.57. The van der Waals surface area contributed by atoms with Crippen LogP contribution in [0.25, 0.3) is 0 Å². The van der Waals surface area contributed by atoms with Gasteiger partial charge in [0.15, 0.2) is 0 Å². The Kier molecular flexibility index (Phi) is 4.08. The Hall–Kier alpha value is -0.0800. The highest BCUT2D eigenvalue weighted by Crippen LogP contribution is 2.63. The van der Waals surface area contributed by atoms with Gasteiger partial charge < -0.3 is 10.2 Å². The van der Waals surface area contributed by atoms with E-state index in [1.807, 2.05) is 0 Å². The van der Waals surface area contributed by atoms with Crippen LogP contribution in [-0.2, 0) is 0 Å². The van der Waals surface area contributed by atoms with Crippen LogP contribution in [0, 0.1) is 35.0 Å². The van der Waals surface area contributed by atoms with Crippen molar-refractivity contribution in [1.82, 2.24) is 0 Å². The zero-order chi connectivity index (χ0) is 16.2. The van der Waals surface area contributed by atoms with Crippen molar-refractivity contribution in [1.29, 1.82) is 0 Å². The molecule has 0 unspecified atom stereocenters. The third-order valence-electron chi connectivity index (χ3n) is 8.77. The summed E-state index contributed by atoms with van der Waals surface area (Å²) < 4.78 is 0. The fourth-order valence-electron chi connectivity index (χ4n) is 7.63. The minimum atomic E-state index is -0.352. The first-order chi connectivity index (χ1) is 11.0. The first-order valence-electron chi connectivity index (χ1n) is 10.4. The topological polar surface area (TPSA) is 40.5 Å². The first-order valence-corrected chi connectivity index (χ1v) is 10.4. The van der Waals surface area contributed by atoms with E-state index in [0.29, 0.717) is 0 Å². The van der Waals surface area contributed by atoms with Crippen molar-refractivity contribution >= 4 is 0 Å². The summed E-state index contributed by atoms with van der Waals surface area (Å²) in [6.45, 7) is 4.58. The lowest BCUT2D eigenvalue weighted by Crippen LogP contribution is -2.51. The fourth-order valence-corrected chi connectivity index (χ4v) is 7.63. The van der Waals surface area contributed by atoms with Crippen molar-refractivity contribution in [3.05, 3.63) is 0 Å². The Bertz CT molecular complexity index is 449. The fraction of sp³-hybridized carbons (Fsp3) is 1.00. The zero-order valence-corrected chi connectivity index (χ0v) is 15.1. The predicted octanol–water partition coefficient (Wildman–Crippen LogP) is 4.53. The second-order valence-electron chi connectivity index (χ2n) is 9.79. The van der Waals surface area contributed by atoms with Gasteiger partial charge in [0, 0.05) is 0 Å². The van der Waals surface area contributed by atoms with E-state index >= 15 is 0 Å². The number of hydrogen-bond donors (Lipinski definition) is 2. The number of aliphatic hydroxyl groups excluding tert-OH is 1. The number of rotatable bonds is 2. The average Bonchev–Trinajstić information content (AvgIpc) is 2.82. The smallest absolute Gasteiger partial charge is 0.0650 e. The van der Waals surface area contributed by atoms with Gasteiger partial charge in [0.25, 0.3) is 0 Å². The minimum Gasteiger partial charge on any atom is -0.393 e. The third-order valence-corrected chi connectivity index (χ3v) is 8.77. The van der Waals surface area contributed by atoms with Gasteiger partial charge in [-0.3, -0.25) is 0 Å². The molecular formula is C21H36O2. The summed E-state index contributed by atoms with van der Waals surface area (Å²) in [6, 6.07) is 0. The van der Waals surface area contributed by atoms with Crippen molar-refractivity contribution < 1.29 is 10.2 Å². The molecule has 0 spiro atoms. The van der Waals surface area contributed by atoms with Crippen molar-refractivity contribution in [2.75, 3.05) is 0 Å². The lowest BCUT2D eigenvalue weighted by Gasteiger charge is -2.56. The molecule has 2 heteroatoms. The second-order valence-corrected chi connectivity index (χ2v) is 9.79. The molecule has 4 aliphatic rings. The van der Waals surface area contributed by atoms with Crippen LogP contribution in [0.1, 0.15) is 84.5 Å². The zero-order valence-electron chi connectivity index (χ0n) is 15.1. The van der Waals surface area contributed by atoms with Crippen LogP contribution < -0.4 is 0 Å². The van der Waals surface area contributed by atoms with E-state index in [9.17, 15) is 10.2 Å². The maximum Gasteiger partial charge on any atom is 0.0650 e. The molecule has 0 aromatic rings. The summed E-state index contributed by atoms with van der Waals surface area (Å²) in [5, 5.41) is 21.4. The first kappa shape index (κ1) is 16.4. The normalized spacial score (nSPS) is 55.8. The molecule has 4 aliphatic carbocycles. The Morgan fingerprint density at radius 1 is 0.913 bits per heavy atom. The average molecular weight is 321 g/mol. The van der Waals surface area contributed by atoms with Crippen molar-refractivity contribution in [2.24, 2.45) is 35.0 Å². The van der Waals surface area contributed by atoms with Crippen LogP contribution in [0.3, 0.4) is 0 Å². The minimum absolute atomic E-state index is 0.0489. The van der Waals surface area contributed by atoms with E-state index in [-0.39, 0.29) is 17.1 Å². The van der Waals surface area contributed by atoms with Crippen LogP contribution in [0.15, 0.2) is 0 Å². The van der Waals surface area contributed by atoms with E-state index in [0.717, 1.165) is 61.7 Å². The Morgan fingerprint density at radius 2 is 1.70 bits per heavy atom. The molecule has 0 radical (unpaired) electrons. The summed E-state index contributed by atoms with van der Waals surface area (Å²) >= 11 is 0. The van der Waals surface area contributed by atoms with Gasteiger partial charge in [-0.05, 0) is 99.2 Å². The summed E-state index contributed by atoms with van der Waals surface area (Å²) in [5.74, 6) is 4.17. The second kappa shape index (κ2) is 5.73. The van der Waals surface area contributed by atoms with Gasteiger partial charge in [-0.25, -0.2) is 0 Å². The Morgan fingerprint density at radius 3 is 2.48 bits per heavy atom. The van der Waals surface area contributed by atoms with Gasteiger partial charge in [-0.1, -0.05) is 20.3 Å². The SMILES string of the molecule is CCC[C@@]1(O)CC[C@H]2[C@H](CC[C@@H]3[C@@H]2CC[C@]2(C)[C@@H](O)CC[C@@H]32)C1. The third kappa shape index (κ3) is 2.51. The molecule has 23 heavy (non-hydrogen) atoms. The molecule has 0 bridgehead atoms. The molecule has 4 saturated carbocycles. The van der Waals surface area contributed by atoms with E-state index in [1.165, 1.54) is 38.5 Å². The lowest BCUT2D eigenvalue weighted by molar-refractivity contribution is -0.115. The van der Waals surface area contributed by atoms with E-state index in [2.05, 4.69) is 13.8 Å². The van der Waals surface area contributed by atoms with Gasteiger partial charge in [-0.15, -0.1) is 0 Å². The van der Waals surface area contributed by atoms with Crippen LogP contribution in [0.4, 0.5) is 0 Å². The molecule has 0 aliphatic heterocycles. The van der Waals surface area contributed by atoms with Crippen LogP contribution >= 0.6 is 0 Å². The molecule has 4 rings (SSSR count). The van der Waals surface area contributed by atoms with Gasteiger partial charge in [0.2, 0.25) is 0 Å². The van der Waals surface area contributed by atoms with Crippen molar-refractivity contribution in [3.8, 4) is 0 Å². The lowest BCUT2D eigenvalue weighted by atomic mass is 9.49. The number of fused-ring (bicyclic) bond motifs is 5. The molecule has 0 aromatic heterocycles. The molecule has 0 amide bonds. The van der Waals surface area contributed by atoms with E-state index < -0.39 is 0 Å². The van der Waals surface area contributed by atoms with E-state index in [1.54, 1.807) is 0 Å². The van der Waals surface area contributed by atoms with Gasteiger partial charge >= 0.3 is 0 Å². The maximum atomic E-state index is 10.9. The molecule has 132 valence electrons. The quantitative estimate of drug-likeness (QED) is 0.784. The Labute approximate surface area is 142 Å². The summed E-state index contributed by atoms with van der Waals surface area (Å²) in [5.41, 5.74) is -0.138. The molecule has 0 heterocycles. The molecule has 0 saturated heterocycles. The highest BCUT2D eigenvalue weighted by molar-refractivity contribution is 5.07. The molecule has 8 atom stereocenters. The molecule has 2 N–H and O–H groups in total. The van der Waals surface area contributed by atoms with Gasteiger partial charge in [0.1, 0.15) is 0 Å².